The second kappa shape index (κ2) is 10.7. The smallest absolute Gasteiger partial charge is 0.180 e. The van der Waals surface area contributed by atoms with Crippen LogP contribution in [0.1, 0.15) is 23.6 Å². The summed E-state index contributed by atoms with van der Waals surface area (Å²) < 4.78 is 12.8. The molecule has 3 aromatic rings. The molecule has 0 aliphatic heterocycles. The van der Waals surface area contributed by atoms with Crippen LogP contribution in [0.5, 0.6) is 11.5 Å². The Balaban J connectivity index is 1.90. The summed E-state index contributed by atoms with van der Waals surface area (Å²) in [7, 11) is 0. The second-order valence-corrected chi connectivity index (χ2v) is 8.44. The predicted molar refractivity (Wildman–Crippen MR) is 131 cm³/mol. The molecule has 152 valence electrons. The zero-order valence-corrected chi connectivity index (χ0v) is 19.8. The Morgan fingerprint density at radius 2 is 1.73 bits per heavy atom. The third-order valence-corrected chi connectivity index (χ3v) is 5.47. The number of benzene rings is 3. The van der Waals surface area contributed by atoms with Crippen LogP contribution in [0.15, 0.2) is 60.7 Å². The first-order valence-electron chi connectivity index (χ1n) is 9.21. The number of rotatable bonds is 7. The van der Waals surface area contributed by atoms with Gasteiger partial charge in [0, 0.05) is 8.59 Å². The molecule has 0 spiro atoms. The normalized spacial score (nSPS) is 11.1. The lowest BCUT2D eigenvalue weighted by Crippen LogP contribution is -2.01. The Kier molecular flexibility index (Phi) is 8.03. The maximum atomic E-state index is 9.62. The predicted octanol–water partition coefficient (Wildman–Crippen LogP) is 7.64. The lowest BCUT2D eigenvalue weighted by Gasteiger charge is -2.15. The molecule has 0 bridgehead atoms. The standard InChI is InChI=1S/C24H18Cl2INO2/c1-2-29-23-13-17(11-19(14-28)18-5-9-21(27)10-6-18)12-22(26)24(23)30-15-16-3-7-20(25)8-4-16/h3-13H,2,15H2,1H3/b19-11-. The Labute approximate surface area is 200 Å². The SMILES string of the molecule is CCOc1cc(/C=C(/C#N)c2ccc(I)cc2)cc(Cl)c1OCc1ccc(Cl)cc1. The van der Waals surface area contributed by atoms with Crippen molar-refractivity contribution >= 4 is 57.4 Å². The summed E-state index contributed by atoms with van der Waals surface area (Å²) >= 11 is 14.7. The van der Waals surface area contributed by atoms with Crippen molar-refractivity contribution in [2.45, 2.75) is 13.5 Å². The maximum absolute atomic E-state index is 9.62. The van der Waals surface area contributed by atoms with Crippen molar-refractivity contribution in [1.29, 1.82) is 5.26 Å². The Morgan fingerprint density at radius 1 is 1.03 bits per heavy atom. The molecule has 0 heterocycles. The van der Waals surface area contributed by atoms with Crippen LogP contribution in [0, 0.1) is 14.9 Å². The fraction of sp³-hybridized carbons (Fsp3) is 0.125. The molecule has 0 fully saturated rings. The van der Waals surface area contributed by atoms with Gasteiger partial charge >= 0.3 is 0 Å². The van der Waals surface area contributed by atoms with Crippen molar-refractivity contribution in [1.82, 2.24) is 0 Å². The first kappa shape index (κ1) is 22.5. The van der Waals surface area contributed by atoms with Crippen LogP contribution in [0.25, 0.3) is 11.6 Å². The van der Waals surface area contributed by atoms with Crippen LogP contribution < -0.4 is 9.47 Å². The van der Waals surface area contributed by atoms with Gasteiger partial charge in [-0.2, -0.15) is 5.26 Å². The van der Waals surface area contributed by atoms with Crippen molar-refractivity contribution < 1.29 is 9.47 Å². The number of allylic oxidation sites excluding steroid dienone is 1. The fourth-order valence-electron chi connectivity index (χ4n) is 2.79. The molecule has 0 unspecified atom stereocenters. The van der Waals surface area contributed by atoms with Gasteiger partial charge in [0.25, 0.3) is 0 Å². The van der Waals surface area contributed by atoms with E-state index in [1.54, 1.807) is 12.1 Å². The minimum Gasteiger partial charge on any atom is -0.490 e. The number of halogens is 3. The molecule has 0 amide bonds. The van der Waals surface area contributed by atoms with Crippen LogP contribution in [0.3, 0.4) is 0 Å². The van der Waals surface area contributed by atoms with Crippen LogP contribution in [-0.4, -0.2) is 6.61 Å². The maximum Gasteiger partial charge on any atom is 0.180 e. The Morgan fingerprint density at radius 3 is 2.37 bits per heavy atom. The number of hydrogen-bond donors (Lipinski definition) is 0. The minimum absolute atomic E-state index is 0.332. The number of hydrogen-bond acceptors (Lipinski definition) is 3. The largest absolute Gasteiger partial charge is 0.490 e. The molecular weight excluding hydrogens is 532 g/mol. The zero-order chi connectivity index (χ0) is 21.5. The number of ether oxygens (including phenoxy) is 2. The summed E-state index contributed by atoms with van der Waals surface area (Å²) in [4.78, 5) is 0. The van der Waals surface area contributed by atoms with E-state index in [1.807, 2.05) is 61.5 Å². The first-order valence-corrected chi connectivity index (χ1v) is 11.0. The van der Waals surface area contributed by atoms with E-state index in [0.29, 0.717) is 40.3 Å². The van der Waals surface area contributed by atoms with Crippen LogP contribution in [0.4, 0.5) is 0 Å². The first-order chi connectivity index (χ1) is 14.5. The van der Waals surface area contributed by atoms with Crippen molar-refractivity contribution in [2.75, 3.05) is 6.61 Å². The molecule has 0 aliphatic carbocycles. The van der Waals surface area contributed by atoms with E-state index < -0.39 is 0 Å². The van der Waals surface area contributed by atoms with Crippen molar-refractivity contribution in [3.05, 3.63) is 91.0 Å². The number of nitrogens with zero attached hydrogens (tertiary/aromatic N) is 1. The molecule has 6 heteroatoms. The highest BCUT2D eigenvalue weighted by Crippen LogP contribution is 2.38. The van der Waals surface area contributed by atoms with Gasteiger partial charge in [-0.15, -0.1) is 0 Å². The van der Waals surface area contributed by atoms with Crippen molar-refractivity contribution in [3.8, 4) is 17.6 Å². The van der Waals surface area contributed by atoms with Gasteiger partial charge in [0.15, 0.2) is 11.5 Å². The second-order valence-electron chi connectivity index (χ2n) is 6.35. The quantitative estimate of drug-likeness (QED) is 0.173. The van der Waals surface area contributed by atoms with Crippen LogP contribution in [0.2, 0.25) is 10.0 Å². The van der Waals surface area contributed by atoms with E-state index in [4.69, 9.17) is 32.7 Å². The van der Waals surface area contributed by atoms with Gasteiger partial charge in [-0.25, -0.2) is 0 Å². The van der Waals surface area contributed by atoms with Gasteiger partial charge in [0.2, 0.25) is 0 Å². The van der Waals surface area contributed by atoms with E-state index in [9.17, 15) is 5.26 Å². The molecule has 0 atom stereocenters. The van der Waals surface area contributed by atoms with Crippen LogP contribution >= 0.6 is 45.8 Å². The Hall–Kier alpha value is -2.20. The van der Waals surface area contributed by atoms with E-state index >= 15 is 0 Å². The van der Waals surface area contributed by atoms with E-state index in [-0.39, 0.29) is 0 Å². The van der Waals surface area contributed by atoms with Crippen molar-refractivity contribution in [3.63, 3.8) is 0 Å². The Bertz CT molecular complexity index is 1090. The van der Waals surface area contributed by atoms with Gasteiger partial charge in [0.05, 0.1) is 23.3 Å². The van der Waals surface area contributed by atoms with E-state index in [1.165, 1.54) is 0 Å². The fourth-order valence-corrected chi connectivity index (χ4v) is 3.55. The van der Waals surface area contributed by atoms with Crippen molar-refractivity contribution in [2.24, 2.45) is 0 Å². The van der Waals surface area contributed by atoms with Gasteiger partial charge in [-0.05, 0) is 88.7 Å². The summed E-state index contributed by atoms with van der Waals surface area (Å²) in [6.07, 6.45) is 1.79. The molecule has 30 heavy (non-hydrogen) atoms. The average Bonchev–Trinajstić information content (AvgIpc) is 2.73. The monoisotopic (exact) mass is 549 g/mol. The highest BCUT2D eigenvalue weighted by molar-refractivity contribution is 14.1. The molecule has 0 N–H and O–H groups in total. The molecule has 3 rings (SSSR count). The van der Waals surface area contributed by atoms with Gasteiger partial charge in [-0.1, -0.05) is 47.5 Å². The topological polar surface area (TPSA) is 42.2 Å². The molecule has 3 nitrogen and oxygen atoms in total. The minimum atomic E-state index is 0.332. The van der Waals surface area contributed by atoms with E-state index in [0.717, 1.165) is 20.3 Å². The highest BCUT2D eigenvalue weighted by Gasteiger charge is 2.13. The van der Waals surface area contributed by atoms with Gasteiger partial charge in [-0.3, -0.25) is 0 Å². The molecule has 0 saturated carbocycles. The molecule has 0 saturated heterocycles. The molecule has 0 radical (unpaired) electrons. The summed E-state index contributed by atoms with van der Waals surface area (Å²) in [6, 6.07) is 21.0. The lowest BCUT2D eigenvalue weighted by atomic mass is 10.0. The number of nitriles is 1. The van der Waals surface area contributed by atoms with Crippen LogP contribution in [-0.2, 0) is 6.61 Å². The third-order valence-electron chi connectivity index (χ3n) is 4.21. The molecular formula is C24H18Cl2INO2. The average molecular weight is 550 g/mol. The molecule has 0 aromatic heterocycles. The molecule has 0 aliphatic rings. The third kappa shape index (κ3) is 5.91. The van der Waals surface area contributed by atoms with Gasteiger partial charge < -0.3 is 9.47 Å². The van der Waals surface area contributed by atoms with E-state index in [2.05, 4.69) is 28.7 Å². The van der Waals surface area contributed by atoms with Gasteiger partial charge in [0.1, 0.15) is 6.61 Å². The zero-order valence-electron chi connectivity index (χ0n) is 16.2. The molecule has 3 aromatic carbocycles. The lowest BCUT2D eigenvalue weighted by molar-refractivity contribution is 0.269. The summed E-state index contributed by atoms with van der Waals surface area (Å²) in [6.45, 7) is 2.69. The summed E-state index contributed by atoms with van der Waals surface area (Å²) in [5.74, 6) is 1.00. The highest BCUT2D eigenvalue weighted by atomic mass is 127. The summed E-state index contributed by atoms with van der Waals surface area (Å²) in [5, 5.41) is 10.7. The summed E-state index contributed by atoms with van der Waals surface area (Å²) in [5.41, 5.74) is 3.11.